The Morgan fingerprint density at radius 2 is 2.20 bits per heavy atom. The van der Waals surface area contributed by atoms with Gasteiger partial charge in [0.15, 0.2) is 0 Å². The Hall–Kier alpha value is -0.740. The molecule has 1 nitrogen and oxygen atoms in total. The highest BCUT2D eigenvalue weighted by Gasteiger charge is 1.92. The Morgan fingerprint density at radius 1 is 1.47 bits per heavy atom. The molecule has 0 radical (unpaired) electrons. The van der Waals surface area contributed by atoms with Gasteiger partial charge in [-0.25, -0.2) is 0 Å². The second-order valence-electron chi connectivity index (χ2n) is 4.49. The topological polar surface area (TPSA) is 12.0 Å². The van der Waals surface area contributed by atoms with Gasteiger partial charge in [-0.1, -0.05) is 25.5 Å². The highest BCUT2D eigenvalue weighted by molar-refractivity contribution is 4.99. The molecule has 0 spiro atoms. The molecule has 0 bridgehead atoms. The van der Waals surface area contributed by atoms with Crippen LogP contribution in [0.5, 0.6) is 0 Å². The SMILES string of the molecule is C#CCCC/C(C)=C\CCNCC(C)C. The molecule has 0 atom stereocenters. The summed E-state index contributed by atoms with van der Waals surface area (Å²) in [4.78, 5) is 0. The van der Waals surface area contributed by atoms with Gasteiger partial charge in [-0.3, -0.25) is 0 Å². The summed E-state index contributed by atoms with van der Waals surface area (Å²) in [5.41, 5.74) is 1.47. The molecule has 0 heterocycles. The van der Waals surface area contributed by atoms with Crippen LogP contribution in [0, 0.1) is 18.3 Å². The van der Waals surface area contributed by atoms with Gasteiger partial charge in [0, 0.05) is 6.42 Å². The van der Waals surface area contributed by atoms with Crippen LogP contribution in [0.3, 0.4) is 0 Å². The average Bonchev–Trinajstić information content (AvgIpc) is 2.17. The maximum atomic E-state index is 5.20. The zero-order valence-electron chi connectivity index (χ0n) is 10.5. The van der Waals surface area contributed by atoms with E-state index in [0.29, 0.717) is 0 Å². The van der Waals surface area contributed by atoms with Crippen molar-refractivity contribution in [1.82, 2.24) is 5.32 Å². The number of terminal acetylenes is 1. The van der Waals surface area contributed by atoms with Crippen molar-refractivity contribution in [3.63, 3.8) is 0 Å². The third-order valence-electron chi connectivity index (χ3n) is 2.26. The van der Waals surface area contributed by atoms with E-state index in [0.717, 1.165) is 44.7 Å². The zero-order valence-corrected chi connectivity index (χ0v) is 10.5. The van der Waals surface area contributed by atoms with Crippen molar-refractivity contribution < 1.29 is 0 Å². The Balaban J connectivity index is 3.38. The first kappa shape index (κ1) is 14.3. The lowest BCUT2D eigenvalue weighted by atomic mass is 10.1. The minimum absolute atomic E-state index is 0.741. The summed E-state index contributed by atoms with van der Waals surface area (Å²) in [5.74, 6) is 3.41. The Labute approximate surface area is 95.3 Å². The number of nitrogens with one attached hydrogen (secondary N) is 1. The molecule has 0 aromatic carbocycles. The lowest BCUT2D eigenvalue weighted by Gasteiger charge is -2.05. The fourth-order valence-electron chi connectivity index (χ4n) is 1.38. The van der Waals surface area contributed by atoms with Crippen LogP contribution in [0.1, 0.15) is 46.5 Å². The molecule has 0 rings (SSSR count). The molecule has 0 aliphatic rings. The lowest BCUT2D eigenvalue weighted by Crippen LogP contribution is -2.20. The van der Waals surface area contributed by atoms with Gasteiger partial charge in [-0.2, -0.15) is 0 Å². The van der Waals surface area contributed by atoms with Crippen molar-refractivity contribution >= 4 is 0 Å². The second-order valence-corrected chi connectivity index (χ2v) is 4.49. The summed E-state index contributed by atoms with van der Waals surface area (Å²) in [7, 11) is 0. The van der Waals surface area contributed by atoms with Crippen LogP contribution in [0.25, 0.3) is 0 Å². The molecule has 0 aromatic rings. The molecule has 86 valence electrons. The van der Waals surface area contributed by atoms with Gasteiger partial charge in [-0.05, 0) is 45.2 Å². The van der Waals surface area contributed by atoms with Gasteiger partial charge in [0.25, 0.3) is 0 Å². The Morgan fingerprint density at radius 3 is 2.80 bits per heavy atom. The summed E-state index contributed by atoms with van der Waals surface area (Å²) < 4.78 is 0. The third kappa shape index (κ3) is 11.2. The number of hydrogen-bond acceptors (Lipinski definition) is 1. The summed E-state index contributed by atoms with van der Waals surface area (Å²) in [6.07, 6.45) is 11.8. The van der Waals surface area contributed by atoms with E-state index in [9.17, 15) is 0 Å². The van der Waals surface area contributed by atoms with E-state index in [2.05, 4.69) is 38.1 Å². The largest absolute Gasteiger partial charge is 0.316 e. The average molecular weight is 207 g/mol. The molecule has 0 aromatic heterocycles. The van der Waals surface area contributed by atoms with E-state index in [4.69, 9.17) is 6.42 Å². The molecule has 0 fully saturated rings. The zero-order chi connectivity index (χ0) is 11.5. The Bertz CT molecular complexity index is 208. The maximum Gasteiger partial charge on any atom is 0.00891 e. The number of rotatable bonds is 8. The van der Waals surface area contributed by atoms with Crippen LogP contribution in [-0.4, -0.2) is 13.1 Å². The van der Waals surface area contributed by atoms with Crippen LogP contribution in [0.15, 0.2) is 11.6 Å². The monoisotopic (exact) mass is 207 g/mol. The van der Waals surface area contributed by atoms with E-state index >= 15 is 0 Å². The van der Waals surface area contributed by atoms with Gasteiger partial charge in [0.05, 0.1) is 0 Å². The maximum absolute atomic E-state index is 5.20. The van der Waals surface area contributed by atoms with E-state index in [1.54, 1.807) is 0 Å². The summed E-state index contributed by atoms with van der Waals surface area (Å²) in [6.45, 7) is 8.86. The standard InChI is InChI=1S/C14H25N/c1-5-6-7-9-14(4)10-8-11-15-12-13(2)3/h1,10,13,15H,6-9,11-12H2,2-4H3/b14-10-. The molecule has 0 saturated heterocycles. The van der Waals surface area contributed by atoms with Crippen molar-refractivity contribution in [2.45, 2.75) is 46.5 Å². The smallest absolute Gasteiger partial charge is 0.00891 e. The van der Waals surface area contributed by atoms with Crippen LogP contribution in [0.4, 0.5) is 0 Å². The molecule has 0 unspecified atom stereocenters. The van der Waals surface area contributed by atoms with Gasteiger partial charge < -0.3 is 5.32 Å². The molecule has 15 heavy (non-hydrogen) atoms. The van der Waals surface area contributed by atoms with Crippen molar-refractivity contribution in [3.05, 3.63) is 11.6 Å². The summed E-state index contributed by atoms with van der Waals surface area (Å²) in [6, 6.07) is 0. The summed E-state index contributed by atoms with van der Waals surface area (Å²) in [5, 5.41) is 3.43. The minimum Gasteiger partial charge on any atom is -0.316 e. The molecule has 0 aliphatic heterocycles. The van der Waals surface area contributed by atoms with Gasteiger partial charge in [-0.15, -0.1) is 12.3 Å². The van der Waals surface area contributed by atoms with E-state index in [1.807, 2.05) is 0 Å². The quantitative estimate of drug-likeness (QED) is 0.365. The van der Waals surface area contributed by atoms with Gasteiger partial charge in [0.2, 0.25) is 0 Å². The van der Waals surface area contributed by atoms with Crippen LogP contribution in [0.2, 0.25) is 0 Å². The second kappa shape index (κ2) is 9.80. The number of unbranched alkanes of at least 4 members (excludes halogenated alkanes) is 1. The van der Waals surface area contributed by atoms with Crippen molar-refractivity contribution in [3.8, 4) is 12.3 Å². The highest BCUT2D eigenvalue weighted by atomic mass is 14.8. The fraction of sp³-hybridized carbons (Fsp3) is 0.714. The molecule has 0 saturated carbocycles. The number of allylic oxidation sites excluding steroid dienone is 1. The normalized spacial score (nSPS) is 11.8. The van der Waals surface area contributed by atoms with E-state index < -0.39 is 0 Å². The van der Waals surface area contributed by atoms with E-state index in [1.165, 1.54) is 5.57 Å². The van der Waals surface area contributed by atoms with Crippen molar-refractivity contribution in [2.75, 3.05) is 13.1 Å². The fourth-order valence-corrected chi connectivity index (χ4v) is 1.38. The first-order chi connectivity index (χ1) is 7.16. The van der Waals surface area contributed by atoms with Gasteiger partial charge >= 0.3 is 0 Å². The Kier molecular flexibility index (Phi) is 9.32. The molecule has 0 amide bonds. The lowest BCUT2D eigenvalue weighted by molar-refractivity contribution is 0.556. The van der Waals surface area contributed by atoms with Crippen molar-refractivity contribution in [1.29, 1.82) is 0 Å². The third-order valence-corrected chi connectivity index (χ3v) is 2.26. The molecular weight excluding hydrogens is 182 g/mol. The predicted molar refractivity (Wildman–Crippen MR) is 68.8 cm³/mol. The molecule has 1 N–H and O–H groups in total. The first-order valence-corrected chi connectivity index (χ1v) is 5.96. The van der Waals surface area contributed by atoms with Crippen LogP contribution < -0.4 is 5.32 Å². The van der Waals surface area contributed by atoms with Crippen LogP contribution >= 0.6 is 0 Å². The number of hydrogen-bond donors (Lipinski definition) is 1. The minimum atomic E-state index is 0.741. The molecule has 1 heteroatoms. The highest BCUT2D eigenvalue weighted by Crippen LogP contribution is 2.06. The van der Waals surface area contributed by atoms with Gasteiger partial charge in [0.1, 0.15) is 0 Å². The predicted octanol–water partition coefficient (Wildman–Crippen LogP) is 3.37. The van der Waals surface area contributed by atoms with E-state index in [-0.39, 0.29) is 0 Å². The molecular formula is C14H25N. The summed E-state index contributed by atoms with van der Waals surface area (Å²) >= 11 is 0. The van der Waals surface area contributed by atoms with Crippen LogP contribution in [-0.2, 0) is 0 Å². The molecule has 0 aliphatic carbocycles. The first-order valence-electron chi connectivity index (χ1n) is 5.96. The van der Waals surface area contributed by atoms with Crippen molar-refractivity contribution in [2.24, 2.45) is 5.92 Å².